The van der Waals surface area contributed by atoms with Crippen molar-refractivity contribution in [3.8, 4) is 11.3 Å². The Balaban J connectivity index is 1.81. The lowest BCUT2D eigenvalue weighted by Gasteiger charge is -2.32. The summed E-state index contributed by atoms with van der Waals surface area (Å²) >= 11 is 0. The molecule has 1 aromatic carbocycles. The van der Waals surface area contributed by atoms with Crippen molar-refractivity contribution in [2.75, 3.05) is 0 Å². The number of benzene rings is 1. The van der Waals surface area contributed by atoms with E-state index in [-0.39, 0.29) is 18.3 Å². The molecule has 25 heavy (non-hydrogen) atoms. The topological polar surface area (TPSA) is 49.2 Å². The van der Waals surface area contributed by atoms with Crippen LogP contribution in [0.3, 0.4) is 0 Å². The van der Waals surface area contributed by atoms with E-state index in [0.717, 1.165) is 27.6 Å². The van der Waals surface area contributed by atoms with Gasteiger partial charge in [0.1, 0.15) is 5.69 Å². The first kappa shape index (κ1) is 16.3. The number of aromatic nitrogens is 3. The van der Waals surface area contributed by atoms with Crippen LogP contribution in [0.15, 0.2) is 42.7 Å². The van der Waals surface area contributed by atoms with Gasteiger partial charge in [0.05, 0.1) is 16.7 Å². The fourth-order valence-corrected chi connectivity index (χ4v) is 3.13. The van der Waals surface area contributed by atoms with Crippen LogP contribution in [0.2, 0.25) is 0 Å². The second kappa shape index (κ2) is 5.41. The van der Waals surface area contributed by atoms with E-state index in [1.165, 1.54) is 0 Å². The lowest BCUT2D eigenvalue weighted by molar-refractivity contribution is 0.00578. The van der Waals surface area contributed by atoms with Crippen LogP contribution in [0, 0.1) is 0 Å². The van der Waals surface area contributed by atoms with Crippen molar-refractivity contribution in [2.45, 2.75) is 38.9 Å². The minimum absolute atomic E-state index is 0.353. The Morgan fingerprint density at radius 3 is 2.40 bits per heavy atom. The maximum atomic E-state index is 6.19. The monoisotopic (exact) mass is 335 g/mol. The quantitative estimate of drug-likeness (QED) is 0.676. The van der Waals surface area contributed by atoms with Crippen molar-refractivity contribution in [1.29, 1.82) is 0 Å². The lowest BCUT2D eigenvalue weighted by Crippen LogP contribution is -2.41. The zero-order valence-electron chi connectivity index (χ0n) is 15.3. The molecule has 0 atom stereocenters. The first-order chi connectivity index (χ1) is 11.8. The van der Waals surface area contributed by atoms with Gasteiger partial charge in [-0.05, 0) is 51.4 Å². The van der Waals surface area contributed by atoms with Crippen LogP contribution in [0.5, 0.6) is 0 Å². The second-order valence-corrected chi connectivity index (χ2v) is 7.58. The fraction of sp³-hybridized carbons (Fsp3) is 0.368. The van der Waals surface area contributed by atoms with Crippen LogP contribution >= 0.6 is 0 Å². The highest BCUT2D eigenvalue weighted by molar-refractivity contribution is 6.62. The number of pyridine rings is 1. The molecule has 3 heterocycles. The van der Waals surface area contributed by atoms with E-state index in [4.69, 9.17) is 9.31 Å². The molecule has 0 N–H and O–H groups in total. The molecule has 0 radical (unpaired) electrons. The first-order valence-corrected chi connectivity index (χ1v) is 8.51. The smallest absolute Gasteiger partial charge is 0.399 e. The van der Waals surface area contributed by atoms with E-state index in [0.29, 0.717) is 0 Å². The third kappa shape index (κ3) is 2.57. The summed E-state index contributed by atoms with van der Waals surface area (Å²) in [6.45, 7) is 8.26. The Bertz CT molecular complexity index is 918. The molecule has 1 aliphatic heterocycles. The Morgan fingerprint density at radius 2 is 1.76 bits per heavy atom. The van der Waals surface area contributed by atoms with Crippen molar-refractivity contribution in [1.82, 2.24) is 14.8 Å². The van der Waals surface area contributed by atoms with Crippen LogP contribution in [0.25, 0.3) is 22.2 Å². The van der Waals surface area contributed by atoms with E-state index >= 15 is 0 Å². The molecule has 1 fully saturated rings. The molecule has 0 saturated carbocycles. The zero-order valence-corrected chi connectivity index (χ0v) is 15.3. The van der Waals surface area contributed by atoms with Gasteiger partial charge < -0.3 is 9.31 Å². The standard InChI is InChI=1S/C19H22BN3O2/c1-18(2)19(3,4)25-20(24-18)14-8-9-16-15(11-14)17(22-23(16)5)13-7-6-10-21-12-13/h6-12H,1-5H3. The van der Waals surface area contributed by atoms with Gasteiger partial charge in [0.2, 0.25) is 0 Å². The molecular formula is C19H22BN3O2. The van der Waals surface area contributed by atoms with Crippen LogP contribution in [0.1, 0.15) is 27.7 Å². The van der Waals surface area contributed by atoms with Crippen molar-refractivity contribution in [3.05, 3.63) is 42.7 Å². The zero-order chi connectivity index (χ0) is 17.8. The van der Waals surface area contributed by atoms with E-state index in [9.17, 15) is 0 Å². The normalized spacial score (nSPS) is 18.8. The summed E-state index contributed by atoms with van der Waals surface area (Å²) in [5.74, 6) is 0. The number of nitrogens with zero attached hydrogens (tertiary/aromatic N) is 3. The molecule has 0 spiro atoms. The second-order valence-electron chi connectivity index (χ2n) is 7.58. The maximum Gasteiger partial charge on any atom is 0.494 e. The highest BCUT2D eigenvalue weighted by Gasteiger charge is 2.51. The molecule has 3 aromatic rings. The van der Waals surface area contributed by atoms with E-state index < -0.39 is 0 Å². The average molecular weight is 335 g/mol. The third-order valence-corrected chi connectivity index (χ3v) is 5.33. The SMILES string of the molecule is Cn1nc(-c2cccnc2)c2cc(B3OC(C)(C)C(C)(C)O3)ccc21. The summed E-state index contributed by atoms with van der Waals surface area (Å²) in [7, 11) is 1.58. The van der Waals surface area contributed by atoms with E-state index in [1.54, 1.807) is 6.20 Å². The van der Waals surface area contributed by atoms with Gasteiger partial charge in [-0.2, -0.15) is 5.10 Å². The predicted octanol–water partition coefficient (Wildman–Crippen LogP) is 2.93. The average Bonchev–Trinajstić information content (AvgIpc) is 3.01. The number of hydrogen-bond acceptors (Lipinski definition) is 4. The Hall–Kier alpha value is -2.18. The minimum atomic E-state index is -0.378. The van der Waals surface area contributed by atoms with Crippen molar-refractivity contribution in [2.24, 2.45) is 7.05 Å². The molecule has 128 valence electrons. The van der Waals surface area contributed by atoms with Gasteiger partial charge in [-0.15, -0.1) is 0 Å². The number of fused-ring (bicyclic) bond motifs is 1. The molecule has 6 heteroatoms. The predicted molar refractivity (Wildman–Crippen MR) is 99.7 cm³/mol. The lowest BCUT2D eigenvalue weighted by atomic mass is 9.78. The summed E-state index contributed by atoms with van der Waals surface area (Å²) < 4.78 is 14.3. The molecule has 5 nitrogen and oxygen atoms in total. The summed E-state index contributed by atoms with van der Waals surface area (Å²) in [6, 6.07) is 10.2. The van der Waals surface area contributed by atoms with Crippen molar-refractivity contribution < 1.29 is 9.31 Å². The largest absolute Gasteiger partial charge is 0.494 e. The molecule has 0 amide bonds. The maximum absolute atomic E-state index is 6.19. The van der Waals surface area contributed by atoms with E-state index in [2.05, 4.69) is 56.0 Å². The molecule has 0 bridgehead atoms. The fourth-order valence-electron chi connectivity index (χ4n) is 3.13. The number of rotatable bonds is 2. The summed E-state index contributed by atoms with van der Waals surface area (Å²) in [6.07, 6.45) is 3.60. The molecule has 1 saturated heterocycles. The molecule has 0 unspecified atom stereocenters. The van der Waals surface area contributed by atoms with Crippen molar-refractivity contribution in [3.63, 3.8) is 0 Å². The summed E-state index contributed by atoms with van der Waals surface area (Å²) in [5, 5.41) is 5.75. The highest BCUT2D eigenvalue weighted by Crippen LogP contribution is 2.37. The van der Waals surface area contributed by atoms with Crippen LogP contribution in [0.4, 0.5) is 0 Å². The van der Waals surface area contributed by atoms with Gasteiger partial charge in [-0.3, -0.25) is 9.67 Å². The van der Waals surface area contributed by atoms with Gasteiger partial charge >= 0.3 is 7.12 Å². The van der Waals surface area contributed by atoms with Crippen molar-refractivity contribution >= 4 is 23.5 Å². The molecule has 0 aliphatic carbocycles. The van der Waals surface area contributed by atoms with Gasteiger partial charge in [-0.25, -0.2) is 0 Å². The summed E-state index contributed by atoms with van der Waals surface area (Å²) in [4.78, 5) is 4.22. The molecule has 4 rings (SSSR count). The van der Waals surface area contributed by atoms with Gasteiger partial charge in [0.25, 0.3) is 0 Å². The van der Waals surface area contributed by atoms with E-state index in [1.807, 2.05) is 30.1 Å². The summed E-state index contributed by atoms with van der Waals surface area (Å²) in [5.41, 5.74) is 3.29. The van der Waals surface area contributed by atoms with Crippen LogP contribution in [-0.4, -0.2) is 33.1 Å². The number of aryl methyl sites for hydroxylation is 1. The molecular weight excluding hydrogens is 313 g/mol. The molecule has 1 aliphatic rings. The van der Waals surface area contributed by atoms with Crippen LogP contribution in [-0.2, 0) is 16.4 Å². The third-order valence-electron chi connectivity index (χ3n) is 5.33. The Kier molecular flexibility index (Phi) is 3.53. The highest BCUT2D eigenvalue weighted by atomic mass is 16.7. The van der Waals surface area contributed by atoms with Gasteiger partial charge in [-0.1, -0.05) is 12.1 Å². The Morgan fingerprint density at radius 1 is 1.04 bits per heavy atom. The van der Waals surface area contributed by atoms with Gasteiger partial charge in [0, 0.05) is 30.4 Å². The number of hydrogen-bond donors (Lipinski definition) is 0. The minimum Gasteiger partial charge on any atom is -0.399 e. The first-order valence-electron chi connectivity index (χ1n) is 8.51. The Labute approximate surface area is 148 Å². The van der Waals surface area contributed by atoms with Crippen LogP contribution < -0.4 is 5.46 Å². The van der Waals surface area contributed by atoms with Gasteiger partial charge in [0.15, 0.2) is 0 Å². The molecule has 2 aromatic heterocycles.